The summed E-state index contributed by atoms with van der Waals surface area (Å²) in [5.74, 6) is 0.754. The molecular weight excluding hydrogens is 428 g/mol. The van der Waals surface area contributed by atoms with Gasteiger partial charge in [0, 0.05) is 60.5 Å². The molecule has 1 saturated heterocycles. The summed E-state index contributed by atoms with van der Waals surface area (Å²) in [5.41, 5.74) is 2.46. The Bertz CT molecular complexity index is 1360. The number of likely N-dealkylation sites (N-methyl/N-ethyl adjacent to an activating group) is 1. The predicted molar refractivity (Wildman–Crippen MR) is 136 cm³/mol. The highest BCUT2D eigenvalue weighted by atomic mass is 16.6. The third-order valence-corrected chi connectivity index (χ3v) is 7.91. The van der Waals surface area contributed by atoms with Gasteiger partial charge in [-0.3, -0.25) is 15.1 Å². The van der Waals surface area contributed by atoms with Crippen molar-refractivity contribution in [3.05, 3.63) is 64.2 Å². The molecule has 3 aliphatic rings. The van der Waals surface area contributed by atoms with Gasteiger partial charge in [-0.05, 0) is 44.7 Å². The lowest BCUT2D eigenvalue weighted by molar-refractivity contribution is -0.384. The number of nitrogens with zero attached hydrogens (tertiary/aromatic N) is 4. The molecule has 174 valence electrons. The second-order valence-corrected chi connectivity index (χ2v) is 10.0. The van der Waals surface area contributed by atoms with Crippen molar-refractivity contribution in [1.29, 1.82) is 0 Å². The molecule has 7 nitrogen and oxygen atoms in total. The number of aliphatic imine (C=N–C) groups is 1. The number of benzene rings is 3. The number of hydrogen-bond acceptors (Lipinski definition) is 6. The van der Waals surface area contributed by atoms with E-state index in [1.807, 2.05) is 25.4 Å². The maximum atomic E-state index is 11.5. The molecule has 0 bridgehead atoms. The smallest absolute Gasteiger partial charge is 0.269 e. The molecule has 1 atom stereocenters. The predicted octanol–water partition coefficient (Wildman–Crippen LogP) is 5.96. The molecule has 0 amide bonds. The fourth-order valence-electron chi connectivity index (χ4n) is 5.94. The Hall–Kier alpha value is -3.61. The zero-order chi connectivity index (χ0) is 23.7. The van der Waals surface area contributed by atoms with E-state index in [0.29, 0.717) is 0 Å². The van der Waals surface area contributed by atoms with E-state index in [0.717, 1.165) is 41.2 Å². The van der Waals surface area contributed by atoms with E-state index in [9.17, 15) is 10.1 Å². The largest absolute Gasteiger partial charge is 0.459 e. The molecular formula is C27H28N4O3. The van der Waals surface area contributed by atoms with E-state index in [1.54, 1.807) is 12.1 Å². The summed E-state index contributed by atoms with van der Waals surface area (Å²) >= 11 is 0. The molecule has 0 aliphatic carbocycles. The van der Waals surface area contributed by atoms with Gasteiger partial charge in [0.15, 0.2) is 5.75 Å². The Kier molecular flexibility index (Phi) is 4.43. The van der Waals surface area contributed by atoms with Gasteiger partial charge in [0.25, 0.3) is 5.69 Å². The van der Waals surface area contributed by atoms with Crippen molar-refractivity contribution in [2.75, 3.05) is 29.9 Å². The minimum Gasteiger partial charge on any atom is -0.459 e. The van der Waals surface area contributed by atoms with Gasteiger partial charge >= 0.3 is 0 Å². The number of nitro benzene ring substituents is 1. The van der Waals surface area contributed by atoms with Crippen molar-refractivity contribution in [2.24, 2.45) is 4.99 Å². The average molecular weight is 457 g/mol. The lowest BCUT2D eigenvalue weighted by atomic mass is 9.77. The molecule has 1 fully saturated rings. The van der Waals surface area contributed by atoms with Crippen LogP contribution in [-0.2, 0) is 5.41 Å². The molecule has 0 aromatic heterocycles. The number of piperidine rings is 1. The highest BCUT2D eigenvalue weighted by Crippen LogP contribution is 2.55. The Balaban J connectivity index is 1.51. The number of hydrogen-bond donors (Lipinski definition) is 0. The molecule has 0 radical (unpaired) electrons. The number of nitro groups is 1. The molecule has 0 N–H and O–H groups in total. The average Bonchev–Trinajstić information content (AvgIpc) is 3.01. The lowest BCUT2D eigenvalue weighted by Crippen LogP contribution is -2.61. The number of fused-ring (bicyclic) bond motifs is 4. The quantitative estimate of drug-likeness (QED) is 0.352. The standard InChI is InChI=1S/C27H28N4O3/c1-26(2)21-15-18(31(32)33)11-12-22(21)29(3)27(26)17-28-25-20-10-6-5-9-19(20)23(16-24(25)34-27)30-13-7-4-8-14-30/h5-6,9-12,15-17H,4,7-8,13-14H2,1-3H3. The lowest BCUT2D eigenvalue weighted by Gasteiger charge is -2.45. The van der Waals surface area contributed by atoms with E-state index < -0.39 is 11.1 Å². The van der Waals surface area contributed by atoms with Gasteiger partial charge in [0.05, 0.1) is 16.6 Å². The van der Waals surface area contributed by atoms with Crippen LogP contribution in [0.2, 0.25) is 0 Å². The van der Waals surface area contributed by atoms with Crippen LogP contribution in [-0.4, -0.2) is 37.0 Å². The van der Waals surface area contributed by atoms with E-state index in [1.165, 1.54) is 30.3 Å². The van der Waals surface area contributed by atoms with E-state index in [2.05, 4.69) is 47.9 Å². The molecule has 6 rings (SSSR count). The molecule has 0 saturated carbocycles. The molecule has 1 spiro atoms. The van der Waals surface area contributed by atoms with Crippen molar-refractivity contribution in [3.8, 4) is 5.75 Å². The van der Waals surface area contributed by atoms with Crippen LogP contribution in [0.4, 0.5) is 22.7 Å². The minimum absolute atomic E-state index is 0.0869. The summed E-state index contributed by atoms with van der Waals surface area (Å²) in [7, 11) is 1.98. The third kappa shape index (κ3) is 2.73. The Labute approximate surface area is 198 Å². The summed E-state index contributed by atoms with van der Waals surface area (Å²) in [4.78, 5) is 20.6. The topological polar surface area (TPSA) is 71.2 Å². The molecule has 1 unspecified atom stereocenters. The van der Waals surface area contributed by atoms with Crippen LogP contribution in [0.15, 0.2) is 53.5 Å². The Morgan fingerprint density at radius 3 is 2.47 bits per heavy atom. The monoisotopic (exact) mass is 456 g/mol. The molecule has 3 heterocycles. The van der Waals surface area contributed by atoms with E-state index >= 15 is 0 Å². The third-order valence-electron chi connectivity index (χ3n) is 7.91. The number of anilines is 2. The minimum atomic E-state index is -0.890. The van der Waals surface area contributed by atoms with Gasteiger partial charge in [-0.2, -0.15) is 0 Å². The van der Waals surface area contributed by atoms with Crippen molar-refractivity contribution in [2.45, 2.75) is 44.2 Å². The summed E-state index contributed by atoms with van der Waals surface area (Å²) < 4.78 is 6.91. The number of non-ortho nitro benzene ring substituents is 1. The summed E-state index contributed by atoms with van der Waals surface area (Å²) in [6, 6.07) is 15.6. The zero-order valence-corrected chi connectivity index (χ0v) is 19.7. The van der Waals surface area contributed by atoms with Crippen LogP contribution in [0.5, 0.6) is 5.75 Å². The highest BCUT2D eigenvalue weighted by Gasteiger charge is 2.59. The first kappa shape index (κ1) is 21.0. The molecule has 3 aromatic rings. The van der Waals surface area contributed by atoms with Gasteiger partial charge < -0.3 is 14.5 Å². The van der Waals surface area contributed by atoms with Crippen LogP contribution in [0.1, 0.15) is 38.7 Å². The molecule has 3 aliphatic heterocycles. The first-order chi connectivity index (χ1) is 16.3. The van der Waals surface area contributed by atoms with Crippen LogP contribution >= 0.6 is 0 Å². The van der Waals surface area contributed by atoms with Gasteiger partial charge in [0.1, 0.15) is 5.69 Å². The maximum absolute atomic E-state index is 11.5. The first-order valence-electron chi connectivity index (χ1n) is 11.9. The van der Waals surface area contributed by atoms with Gasteiger partial charge in [-0.1, -0.05) is 24.3 Å². The van der Waals surface area contributed by atoms with Gasteiger partial charge in [0.2, 0.25) is 5.72 Å². The van der Waals surface area contributed by atoms with Crippen LogP contribution < -0.4 is 14.5 Å². The fraction of sp³-hybridized carbons (Fsp3) is 0.370. The SMILES string of the molecule is CN1c2ccc([N+](=O)[O-])cc2C(C)(C)C12C=Nc1c(cc(N3CCCCC3)c3ccccc13)O2. The van der Waals surface area contributed by atoms with Crippen molar-refractivity contribution in [3.63, 3.8) is 0 Å². The normalized spacial score (nSPS) is 22.6. The highest BCUT2D eigenvalue weighted by molar-refractivity contribution is 6.06. The van der Waals surface area contributed by atoms with E-state index in [-0.39, 0.29) is 10.6 Å². The maximum Gasteiger partial charge on any atom is 0.269 e. The molecule has 7 heteroatoms. The Morgan fingerprint density at radius 2 is 1.74 bits per heavy atom. The van der Waals surface area contributed by atoms with Crippen molar-refractivity contribution in [1.82, 2.24) is 0 Å². The number of ether oxygens (including phenoxy) is 1. The Morgan fingerprint density at radius 1 is 1.00 bits per heavy atom. The first-order valence-corrected chi connectivity index (χ1v) is 11.9. The fourth-order valence-corrected chi connectivity index (χ4v) is 5.94. The summed E-state index contributed by atoms with van der Waals surface area (Å²) in [6.45, 7) is 6.22. The zero-order valence-electron chi connectivity index (χ0n) is 19.7. The van der Waals surface area contributed by atoms with Crippen LogP contribution in [0.25, 0.3) is 10.8 Å². The van der Waals surface area contributed by atoms with Crippen molar-refractivity contribution >= 4 is 39.7 Å². The van der Waals surface area contributed by atoms with Crippen LogP contribution in [0, 0.1) is 10.1 Å². The second kappa shape index (κ2) is 7.19. The second-order valence-electron chi connectivity index (χ2n) is 10.0. The van der Waals surface area contributed by atoms with E-state index in [4.69, 9.17) is 9.73 Å². The van der Waals surface area contributed by atoms with Crippen molar-refractivity contribution < 1.29 is 9.66 Å². The van der Waals surface area contributed by atoms with Gasteiger partial charge in [-0.15, -0.1) is 0 Å². The van der Waals surface area contributed by atoms with Crippen LogP contribution in [0.3, 0.4) is 0 Å². The molecule has 3 aromatic carbocycles. The van der Waals surface area contributed by atoms with Gasteiger partial charge in [-0.25, -0.2) is 0 Å². The molecule has 34 heavy (non-hydrogen) atoms. The summed E-state index contributed by atoms with van der Waals surface area (Å²) in [6.07, 6.45) is 5.54. The number of rotatable bonds is 2. The summed E-state index contributed by atoms with van der Waals surface area (Å²) in [5, 5.41) is 13.7.